The molecule has 0 aliphatic heterocycles. The van der Waals surface area contributed by atoms with Gasteiger partial charge in [-0.2, -0.15) is 0 Å². The van der Waals surface area contributed by atoms with E-state index in [1.54, 1.807) is 30.2 Å². The number of hydrogen-bond acceptors (Lipinski definition) is 5. The van der Waals surface area contributed by atoms with E-state index in [1.165, 1.54) is 17.2 Å². The van der Waals surface area contributed by atoms with Crippen LogP contribution in [0, 0.1) is 6.92 Å². The van der Waals surface area contributed by atoms with Gasteiger partial charge in [0.15, 0.2) is 5.43 Å². The highest BCUT2D eigenvalue weighted by molar-refractivity contribution is 5.94. The van der Waals surface area contributed by atoms with Crippen LogP contribution in [-0.4, -0.2) is 48.4 Å². The summed E-state index contributed by atoms with van der Waals surface area (Å²) in [7, 11) is 1.55. The number of amides is 2. The van der Waals surface area contributed by atoms with Crippen molar-refractivity contribution in [1.29, 1.82) is 0 Å². The smallest absolute Gasteiger partial charge is 0.247 e. The molecule has 0 aliphatic carbocycles. The molecule has 0 saturated carbocycles. The molecule has 3 aromatic carbocycles. The van der Waals surface area contributed by atoms with Gasteiger partial charge in [-0.15, -0.1) is 0 Å². The first-order chi connectivity index (χ1) is 18.9. The Bertz CT molecular complexity index is 1500. The van der Waals surface area contributed by atoms with E-state index in [1.807, 2.05) is 73.7 Å². The molecule has 0 unspecified atom stereocenters. The van der Waals surface area contributed by atoms with E-state index in [9.17, 15) is 14.4 Å². The number of hydrogen-bond donors (Lipinski definition) is 0. The van der Waals surface area contributed by atoms with Gasteiger partial charge in [-0.3, -0.25) is 14.4 Å². The second-order valence-electron chi connectivity index (χ2n) is 9.32. The number of benzene rings is 3. The summed E-state index contributed by atoms with van der Waals surface area (Å²) in [5.41, 5.74) is 3.43. The molecule has 0 bridgehead atoms. The predicted molar refractivity (Wildman–Crippen MR) is 152 cm³/mol. The number of carbonyl (C=O) groups excluding carboxylic acids is 2. The van der Waals surface area contributed by atoms with E-state index in [4.69, 9.17) is 9.15 Å². The minimum atomic E-state index is -0.301. The second-order valence-corrected chi connectivity index (χ2v) is 9.32. The molecule has 0 fully saturated rings. The highest BCUT2D eigenvalue weighted by Gasteiger charge is 2.22. The van der Waals surface area contributed by atoms with Crippen molar-refractivity contribution in [1.82, 2.24) is 9.80 Å². The number of methoxy groups -OCH3 is 1. The minimum absolute atomic E-state index is 0.0477. The normalized spacial score (nSPS) is 11.1. The Morgan fingerprint density at radius 2 is 1.64 bits per heavy atom. The first kappa shape index (κ1) is 27.5. The maximum absolute atomic E-state index is 13.7. The van der Waals surface area contributed by atoms with E-state index >= 15 is 0 Å². The lowest BCUT2D eigenvalue weighted by molar-refractivity contribution is -0.139. The Hall–Kier alpha value is -4.49. The zero-order chi connectivity index (χ0) is 27.6. The Kier molecular flexibility index (Phi) is 9.43. The Labute approximate surface area is 227 Å². The van der Waals surface area contributed by atoms with Gasteiger partial charge in [0.25, 0.3) is 0 Å². The minimum Gasteiger partial charge on any atom is -0.464 e. The summed E-state index contributed by atoms with van der Waals surface area (Å²) in [5.74, 6) is -0.593. The summed E-state index contributed by atoms with van der Waals surface area (Å²) in [6.07, 6.45) is 4.60. The third kappa shape index (κ3) is 7.52. The third-order valence-corrected chi connectivity index (χ3v) is 6.35. The molecule has 1 heterocycles. The van der Waals surface area contributed by atoms with Crippen LogP contribution in [-0.2, 0) is 27.4 Å². The van der Waals surface area contributed by atoms with E-state index in [0.717, 1.165) is 16.7 Å². The van der Waals surface area contributed by atoms with Gasteiger partial charge in [0.1, 0.15) is 12.1 Å². The van der Waals surface area contributed by atoms with Crippen LogP contribution in [0.4, 0.5) is 0 Å². The lowest BCUT2D eigenvalue weighted by atomic mass is 10.1. The van der Waals surface area contributed by atoms with Gasteiger partial charge in [-0.25, -0.2) is 0 Å². The molecular weight excluding hydrogens is 492 g/mol. The monoisotopic (exact) mass is 524 g/mol. The number of ether oxygens (including phenoxy) is 1. The lowest BCUT2D eigenvalue weighted by Gasteiger charge is -2.27. The van der Waals surface area contributed by atoms with Crippen LogP contribution in [0.15, 0.2) is 100 Å². The summed E-state index contributed by atoms with van der Waals surface area (Å²) >= 11 is 0. The van der Waals surface area contributed by atoms with Crippen molar-refractivity contribution < 1.29 is 18.7 Å². The van der Waals surface area contributed by atoms with Gasteiger partial charge in [0.05, 0.1) is 30.4 Å². The number of carbonyl (C=O) groups is 2. The van der Waals surface area contributed by atoms with Gasteiger partial charge >= 0.3 is 0 Å². The molecule has 7 nitrogen and oxygen atoms in total. The molecule has 7 heteroatoms. The van der Waals surface area contributed by atoms with Crippen LogP contribution in [0.1, 0.15) is 22.3 Å². The molecule has 2 amide bonds. The van der Waals surface area contributed by atoms with Crippen molar-refractivity contribution in [3.05, 3.63) is 124 Å². The zero-order valence-corrected chi connectivity index (χ0v) is 22.2. The largest absolute Gasteiger partial charge is 0.464 e. The Balaban J connectivity index is 1.59. The first-order valence-corrected chi connectivity index (χ1v) is 12.8. The maximum atomic E-state index is 13.7. The van der Waals surface area contributed by atoms with Crippen molar-refractivity contribution in [2.45, 2.75) is 20.0 Å². The fourth-order valence-corrected chi connectivity index (χ4v) is 4.20. The topological polar surface area (TPSA) is 80.1 Å². The fraction of sp³-hybridized carbons (Fsp3) is 0.219. The van der Waals surface area contributed by atoms with Crippen LogP contribution in [0.5, 0.6) is 0 Å². The molecule has 0 aliphatic rings. The van der Waals surface area contributed by atoms with Crippen molar-refractivity contribution >= 4 is 28.9 Å². The van der Waals surface area contributed by atoms with E-state index < -0.39 is 0 Å². The Morgan fingerprint density at radius 1 is 0.923 bits per heavy atom. The first-order valence-electron chi connectivity index (χ1n) is 12.8. The second kappa shape index (κ2) is 13.3. The van der Waals surface area contributed by atoms with Crippen LogP contribution in [0.2, 0.25) is 0 Å². The fourth-order valence-electron chi connectivity index (χ4n) is 4.20. The molecule has 0 atom stereocenters. The number of aryl methyl sites for hydroxylation is 1. The van der Waals surface area contributed by atoms with Gasteiger partial charge in [0, 0.05) is 26.3 Å². The molecule has 4 aromatic rings. The number of nitrogens with zero attached hydrogens (tertiary/aromatic N) is 2. The number of fused-ring (bicyclic) bond motifs is 1. The van der Waals surface area contributed by atoms with Gasteiger partial charge in [0.2, 0.25) is 11.8 Å². The summed E-state index contributed by atoms with van der Waals surface area (Å²) in [5, 5.41) is 0.475. The van der Waals surface area contributed by atoms with Gasteiger partial charge in [-0.1, -0.05) is 72.3 Å². The zero-order valence-electron chi connectivity index (χ0n) is 22.2. The van der Waals surface area contributed by atoms with E-state index in [-0.39, 0.29) is 50.0 Å². The van der Waals surface area contributed by atoms with E-state index in [2.05, 4.69) is 0 Å². The van der Waals surface area contributed by atoms with Gasteiger partial charge in [-0.05, 0) is 36.3 Å². The molecule has 39 heavy (non-hydrogen) atoms. The molecular formula is C32H32N2O5. The van der Waals surface area contributed by atoms with Crippen LogP contribution in [0.3, 0.4) is 0 Å². The lowest BCUT2D eigenvalue weighted by Crippen LogP contribution is -2.43. The summed E-state index contributed by atoms with van der Waals surface area (Å²) in [6, 6.07) is 24.5. The van der Waals surface area contributed by atoms with Crippen LogP contribution >= 0.6 is 0 Å². The van der Waals surface area contributed by atoms with Crippen molar-refractivity contribution in [2.75, 3.05) is 26.8 Å². The molecule has 4 rings (SSSR count). The molecule has 0 radical (unpaired) electrons. The Morgan fingerprint density at radius 3 is 2.36 bits per heavy atom. The highest BCUT2D eigenvalue weighted by Crippen LogP contribution is 2.16. The van der Waals surface area contributed by atoms with Crippen molar-refractivity contribution in [2.24, 2.45) is 0 Å². The quantitative estimate of drug-likeness (QED) is 0.263. The van der Waals surface area contributed by atoms with Crippen LogP contribution < -0.4 is 5.43 Å². The molecule has 0 N–H and O–H groups in total. The molecule has 0 spiro atoms. The highest BCUT2D eigenvalue weighted by atomic mass is 16.5. The predicted octanol–water partition coefficient (Wildman–Crippen LogP) is 4.82. The number of rotatable bonds is 11. The summed E-state index contributed by atoms with van der Waals surface area (Å²) < 4.78 is 10.9. The SMILES string of the molecule is COCCN(CC(=O)N(Cc1ccccc1)Cc1coc2ccc(C)cc2c1=O)C(=O)C=Cc1ccccc1. The average molecular weight is 525 g/mol. The van der Waals surface area contributed by atoms with E-state index in [0.29, 0.717) is 16.5 Å². The third-order valence-electron chi connectivity index (χ3n) is 6.35. The van der Waals surface area contributed by atoms with Crippen molar-refractivity contribution in [3.8, 4) is 0 Å². The van der Waals surface area contributed by atoms with Crippen LogP contribution in [0.25, 0.3) is 17.0 Å². The molecule has 1 aromatic heterocycles. The maximum Gasteiger partial charge on any atom is 0.247 e. The molecule has 0 saturated heterocycles. The summed E-state index contributed by atoms with van der Waals surface area (Å²) in [6.45, 7) is 2.60. The molecule has 200 valence electrons. The average Bonchev–Trinajstić information content (AvgIpc) is 2.96. The van der Waals surface area contributed by atoms with Gasteiger partial charge < -0.3 is 19.0 Å². The summed E-state index contributed by atoms with van der Waals surface area (Å²) in [4.78, 5) is 43.1. The van der Waals surface area contributed by atoms with Crippen molar-refractivity contribution in [3.63, 3.8) is 0 Å². The standard InChI is InChI=1S/C32H32N2O5/c1-24-13-15-29-28(19-24)32(37)27(23-39-29)21-34(20-26-11-7-4-8-12-26)31(36)22-33(17-18-38-2)30(35)16-14-25-9-5-3-6-10-25/h3-16,19,23H,17-18,20-22H2,1-2H3.